The highest BCUT2D eigenvalue weighted by molar-refractivity contribution is 5.80. The number of methoxy groups -OCH3 is 1. The Morgan fingerprint density at radius 2 is 1.64 bits per heavy atom. The smallest absolute Gasteiger partial charge is 0.313 e. The molecule has 0 aliphatic carbocycles. The molecule has 0 saturated heterocycles. The van der Waals surface area contributed by atoms with E-state index in [0.717, 1.165) is 17.7 Å². The normalized spacial score (nSPS) is 16.9. The topological polar surface area (TPSA) is 35.5 Å². The lowest BCUT2D eigenvalue weighted by Crippen LogP contribution is -2.59. The maximum Gasteiger partial charge on any atom is 0.313 e. The number of carbonyl (C=O) groups excluding carboxylic acids is 1. The summed E-state index contributed by atoms with van der Waals surface area (Å²) in [6, 6.07) is 8.09. The molecule has 0 heterocycles. The van der Waals surface area contributed by atoms with Gasteiger partial charge in [0.15, 0.2) is 0 Å². The largest absolute Gasteiger partial charge is 0.496 e. The molecule has 2 atom stereocenters. The summed E-state index contributed by atoms with van der Waals surface area (Å²) in [6.45, 7) is 17.3. The van der Waals surface area contributed by atoms with Gasteiger partial charge in [0.25, 0.3) is 0 Å². The van der Waals surface area contributed by atoms with Gasteiger partial charge in [0.05, 0.1) is 19.1 Å². The molecule has 0 spiro atoms. The van der Waals surface area contributed by atoms with E-state index >= 15 is 0 Å². The fraction of sp³-hybridized carbons (Fsp3) is 0.682. The Morgan fingerprint density at radius 3 is 2.04 bits per heavy atom. The Labute approximate surface area is 154 Å². The number of hydrogen-bond acceptors (Lipinski definition) is 3. The average molecular weight is 349 g/mol. The van der Waals surface area contributed by atoms with E-state index in [2.05, 4.69) is 54.5 Å². The molecule has 2 unspecified atom stereocenters. The third kappa shape index (κ3) is 3.30. The van der Waals surface area contributed by atoms with Gasteiger partial charge in [0, 0.05) is 11.0 Å². The average Bonchev–Trinajstić information content (AvgIpc) is 2.55. The molecule has 1 aromatic rings. The lowest BCUT2D eigenvalue weighted by molar-refractivity contribution is -0.172. The van der Waals surface area contributed by atoms with Gasteiger partial charge in [-0.05, 0) is 37.7 Å². The van der Waals surface area contributed by atoms with Crippen LogP contribution in [0.1, 0.15) is 67.4 Å². The van der Waals surface area contributed by atoms with E-state index in [1.807, 2.05) is 25.1 Å². The van der Waals surface area contributed by atoms with Crippen molar-refractivity contribution in [1.29, 1.82) is 0 Å². The Morgan fingerprint density at radius 1 is 1.08 bits per heavy atom. The van der Waals surface area contributed by atoms with E-state index in [9.17, 15) is 4.79 Å². The zero-order valence-corrected chi connectivity index (χ0v) is 17.5. The molecule has 0 amide bonds. The Balaban J connectivity index is 3.90. The van der Waals surface area contributed by atoms with Gasteiger partial charge in [-0.25, -0.2) is 0 Å². The van der Waals surface area contributed by atoms with Crippen molar-refractivity contribution in [3.63, 3.8) is 0 Å². The second-order valence-corrected chi connectivity index (χ2v) is 8.28. The van der Waals surface area contributed by atoms with Crippen LogP contribution in [0, 0.1) is 16.7 Å². The van der Waals surface area contributed by atoms with Crippen molar-refractivity contribution < 1.29 is 14.3 Å². The molecular weight excluding hydrogens is 312 g/mol. The Bertz CT molecular complexity index is 585. The van der Waals surface area contributed by atoms with Gasteiger partial charge in [0.1, 0.15) is 5.75 Å². The van der Waals surface area contributed by atoms with Crippen molar-refractivity contribution in [2.24, 2.45) is 16.7 Å². The molecule has 3 nitrogen and oxygen atoms in total. The predicted molar refractivity (Wildman–Crippen MR) is 104 cm³/mol. The molecule has 0 radical (unpaired) electrons. The zero-order chi connectivity index (χ0) is 19.5. The first-order valence-corrected chi connectivity index (χ1v) is 9.35. The first-order chi connectivity index (χ1) is 11.5. The summed E-state index contributed by atoms with van der Waals surface area (Å²) in [5, 5.41) is 0. The van der Waals surface area contributed by atoms with Gasteiger partial charge in [0.2, 0.25) is 0 Å². The highest BCUT2D eigenvalue weighted by Crippen LogP contribution is 2.60. The predicted octanol–water partition coefficient (Wildman–Crippen LogP) is 5.61. The lowest BCUT2D eigenvalue weighted by Gasteiger charge is -2.56. The number of rotatable bonds is 7. The van der Waals surface area contributed by atoms with Crippen LogP contribution < -0.4 is 4.74 Å². The number of esters is 1. The van der Waals surface area contributed by atoms with Crippen molar-refractivity contribution in [1.82, 2.24) is 0 Å². The number of carbonyl (C=O) groups is 1. The van der Waals surface area contributed by atoms with E-state index in [0.29, 0.717) is 6.61 Å². The second kappa shape index (κ2) is 7.80. The maximum atomic E-state index is 13.3. The minimum atomic E-state index is -0.715. The van der Waals surface area contributed by atoms with Crippen molar-refractivity contribution >= 4 is 5.97 Å². The van der Waals surface area contributed by atoms with Gasteiger partial charge in [-0.15, -0.1) is 0 Å². The summed E-state index contributed by atoms with van der Waals surface area (Å²) in [4.78, 5) is 13.3. The molecule has 0 aliphatic heterocycles. The van der Waals surface area contributed by atoms with Gasteiger partial charge >= 0.3 is 5.97 Å². The Kier molecular flexibility index (Phi) is 6.72. The number of ether oxygens (including phenoxy) is 2. The first kappa shape index (κ1) is 21.5. The van der Waals surface area contributed by atoms with Crippen LogP contribution in [0.25, 0.3) is 0 Å². The van der Waals surface area contributed by atoms with Crippen molar-refractivity contribution in [3.05, 3.63) is 29.8 Å². The standard InChI is InChI=1S/C22H36O3/c1-10-22(16(3)4,17-14-12-13-15-18(17)24-9)21(8,20(5,6)7)19(23)25-11-2/h12-16H,10-11H2,1-9H3. The number of para-hydroxylation sites is 1. The summed E-state index contributed by atoms with van der Waals surface area (Å²) >= 11 is 0. The van der Waals surface area contributed by atoms with E-state index in [1.165, 1.54) is 0 Å². The molecule has 1 aromatic carbocycles. The van der Waals surface area contributed by atoms with Gasteiger partial charge in [-0.1, -0.05) is 59.7 Å². The van der Waals surface area contributed by atoms with Crippen LogP contribution in [0.3, 0.4) is 0 Å². The summed E-state index contributed by atoms with van der Waals surface area (Å²) < 4.78 is 11.3. The van der Waals surface area contributed by atoms with E-state index in [-0.39, 0.29) is 17.3 Å². The van der Waals surface area contributed by atoms with Crippen LogP contribution in [-0.4, -0.2) is 19.7 Å². The van der Waals surface area contributed by atoms with Crippen LogP contribution >= 0.6 is 0 Å². The van der Waals surface area contributed by atoms with Crippen LogP contribution in [-0.2, 0) is 14.9 Å². The fourth-order valence-electron chi connectivity index (χ4n) is 4.56. The van der Waals surface area contributed by atoms with Crippen molar-refractivity contribution in [3.8, 4) is 5.75 Å². The summed E-state index contributed by atoms with van der Waals surface area (Å²) in [5.41, 5.74) is -0.335. The minimum Gasteiger partial charge on any atom is -0.496 e. The molecule has 3 heteroatoms. The SMILES string of the molecule is CCOC(=O)C(C)(C(C)(C)C)C(CC)(c1ccccc1OC)C(C)C. The third-order valence-corrected chi connectivity index (χ3v) is 6.21. The first-order valence-electron chi connectivity index (χ1n) is 9.35. The van der Waals surface area contributed by atoms with E-state index in [4.69, 9.17) is 9.47 Å². The van der Waals surface area contributed by atoms with Crippen LogP contribution in [0.2, 0.25) is 0 Å². The van der Waals surface area contributed by atoms with E-state index < -0.39 is 10.8 Å². The van der Waals surface area contributed by atoms with Gasteiger partial charge in [-0.2, -0.15) is 0 Å². The summed E-state index contributed by atoms with van der Waals surface area (Å²) in [5.74, 6) is 0.921. The second-order valence-electron chi connectivity index (χ2n) is 8.28. The quantitative estimate of drug-likeness (QED) is 0.600. The van der Waals surface area contributed by atoms with Crippen molar-refractivity contribution in [2.45, 2.75) is 67.2 Å². The molecule has 25 heavy (non-hydrogen) atoms. The summed E-state index contributed by atoms with van der Waals surface area (Å²) in [6.07, 6.45) is 0.817. The monoisotopic (exact) mass is 348 g/mol. The van der Waals surface area contributed by atoms with Gasteiger partial charge in [-0.3, -0.25) is 4.79 Å². The molecule has 0 bridgehead atoms. The van der Waals surface area contributed by atoms with E-state index in [1.54, 1.807) is 7.11 Å². The third-order valence-electron chi connectivity index (χ3n) is 6.21. The molecule has 0 saturated carbocycles. The molecule has 0 aromatic heterocycles. The van der Waals surface area contributed by atoms with Crippen LogP contribution in [0.15, 0.2) is 24.3 Å². The fourth-order valence-corrected chi connectivity index (χ4v) is 4.56. The van der Waals surface area contributed by atoms with Crippen LogP contribution in [0.5, 0.6) is 5.75 Å². The number of hydrogen-bond donors (Lipinski definition) is 0. The number of benzene rings is 1. The summed E-state index contributed by atoms with van der Waals surface area (Å²) in [7, 11) is 1.69. The molecular formula is C22H36O3. The maximum absolute atomic E-state index is 13.3. The zero-order valence-electron chi connectivity index (χ0n) is 17.5. The lowest BCUT2D eigenvalue weighted by atomic mass is 9.46. The highest BCUT2D eigenvalue weighted by atomic mass is 16.5. The molecule has 0 fully saturated rings. The van der Waals surface area contributed by atoms with Crippen LogP contribution in [0.4, 0.5) is 0 Å². The van der Waals surface area contributed by atoms with Gasteiger partial charge < -0.3 is 9.47 Å². The molecule has 142 valence electrons. The Hall–Kier alpha value is -1.51. The highest BCUT2D eigenvalue weighted by Gasteiger charge is 2.62. The molecule has 0 N–H and O–H groups in total. The molecule has 1 rings (SSSR count). The van der Waals surface area contributed by atoms with Crippen molar-refractivity contribution in [2.75, 3.05) is 13.7 Å². The minimum absolute atomic E-state index is 0.135. The molecule has 0 aliphatic rings.